The average molecular weight is 236 g/mol. The first kappa shape index (κ1) is 13.6. The lowest BCUT2D eigenvalue weighted by atomic mass is 10.1. The van der Waals surface area contributed by atoms with Crippen LogP contribution in [-0.2, 0) is 16.0 Å². The molecule has 0 aliphatic carbocycles. The minimum Gasteiger partial charge on any atom is -0.482 e. The molecule has 17 heavy (non-hydrogen) atoms. The Kier molecular flexibility index (Phi) is 6.15. The molecule has 0 fully saturated rings. The highest BCUT2D eigenvalue weighted by molar-refractivity contribution is 5.70. The number of ether oxygens (including phenoxy) is 2. The third kappa shape index (κ3) is 5.38. The molecule has 3 heteroatoms. The van der Waals surface area contributed by atoms with E-state index < -0.39 is 0 Å². The second-order valence-corrected chi connectivity index (χ2v) is 3.97. The number of benzene rings is 1. The van der Waals surface area contributed by atoms with Gasteiger partial charge in [-0.25, -0.2) is 4.79 Å². The van der Waals surface area contributed by atoms with Crippen molar-refractivity contribution in [1.29, 1.82) is 0 Å². The Balaban J connectivity index is 2.36. The molecule has 0 saturated heterocycles. The fraction of sp³-hybridized carbons (Fsp3) is 0.500. The molecule has 0 aromatic heterocycles. The molecule has 1 aromatic carbocycles. The van der Waals surface area contributed by atoms with Crippen LogP contribution >= 0.6 is 0 Å². The third-order valence-corrected chi connectivity index (χ3v) is 2.58. The van der Waals surface area contributed by atoms with Gasteiger partial charge in [-0.05, 0) is 30.5 Å². The van der Waals surface area contributed by atoms with Crippen LogP contribution in [0.1, 0.15) is 31.7 Å². The van der Waals surface area contributed by atoms with Gasteiger partial charge < -0.3 is 9.47 Å². The fourth-order valence-electron chi connectivity index (χ4n) is 1.53. The molecular formula is C14H20O3. The van der Waals surface area contributed by atoms with Gasteiger partial charge in [0.25, 0.3) is 0 Å². The lowest BCUT2D eigenvalue weighted by Crippen LogP contribution is -2.12. The predicted octanol–water partition coefficient (Wildman–Crippen LogP) is 2.97. The summed E-state index contributed by atoms with van der Waals surface area (Å²) in [6.45, 7) is 2.16. The van der Waals surface area contributed by atoms with Crippen molar-refractivity contribution < 1.29 is 14.3 Å². The second kappa shape index (κ2) is 7.71. The molecular weight excluding hydrogens is 216 g/mol. The quantitative estimate of drug-likeness (QED) is 0.539. The highest BCUT2D eigenvalue weighted by Crippen LogP contribution is 2.14. The van der Waals surface area contributed by atoms with Crippen molar-refractivity contribution in [3.63, 3.8) is 0 Å². The molecule has 3 nitrogen and oxygen atoms in total. The van der Waals surface area contributed by atoms with Crippen molar-refractivity contribution in [3.05, 3.63) is 29.8 Å². The van der Waals surface area contributed by atoms with E-state index >= 15 is 0 Å². The summed E-state index contributed by atoms with van der Waals surface area (Å²) in [7, 11) is 1.35. The Morgan fingerprint density at radius 3 is 2.47 bits per heavy atom. The van der Waals surface area contributed by atoms with Crippen LogP contribution in [0, 0.1) is 0 Å². The first-order chi connectivity index (χ1) is 8.26. The number of hydrogen-bond acceptors (Lipinski definition) is 3. The van der Waals surface area contributed by atoms with E-state index in [0.29, 0.717) is 5.75 Å². The van der Waals surface area contributed by atoms with E-state index in [9.17, 15) is 4.79 Å². The van der Waals surface area contributed by atoms with Gasteiger partial charge in [0.2, 0.25) is 0 Å². The summed E-state index contributed by atoms with van der Waals surface area (Å²) in [5, 5.41) is 0. The SMILES string of the molecule is CCCCCc1ccc(OCC(=O)OC)cc1. The summed E-state index contributed by atoms with van der Waals surface area (Å²) in [4.78, 5) is 10.9. The Morgan fingerprint density at radius 2 is 1.88 bits per heavy atom. The summed E-state index contributed by atoms with van der Waals surface area (Å²) >= 11 is 0. The van der Waals surface area contributed by atoms with E-state index in [1.807, 2.05) is 24.3 Å². The zero-order chi connectivity index (χ0) is 12.5. The van der Waals surface area contributed by atoms with E-state index in [4.69, 9.17) is 4.74 Å². The summed E-state index contributed by atoms with van der Waals surface area (Å²) in [6, 6.07) is 7.87. The lowest BCUT2D eigenvalue weighted by molar-refractivity contribution is -0.142. The number of carbonyl (C=O) groups is 1. The van der Waals surface area contributed by atoms with Gasteiger partial charge in [0, 0.05) is 0 Å². The van der Waals surface area contributed by atoms with Gasteiger partial charge in [0.15, 0.2) is 6.61 Å². The standard InChI is InChI=1S/C14H20O3/c1-3-4-5-6-12-7-9-13(10-8-12)17-11-14(15)16-2/h7-10H,3-6,11H2,1-2H3. The van der Waals surface area contributed by atoms with Gasteiger partial charge in [-0.2, -0.15) is 0 Å². The molecule has 0 heterocycles. The van der Waals surface area contributed by atoms with Crippen LogP contribution in [-0.4, -0.2) is 19.7 Å². The van der Waals surface area contributed by atoms with Gasteiger partial charge in [-0.15, -0.1) is 0 Å². The summed E-state index contributed by atoms with van der Waals surface area (Å²) in [5.41, 5.74) is 1.31. The van der Waals surface area contributed by atoms with Crippen LogP contribution in [0.15, 0.2) is 24.3 Å². The minimum absolute atomic E-state index is 0.0360. The van der Waals surface area contributed by atoms with E-state index in [-0.39, 0.29) is 12.6 Å². The molecule has 0 atom stereocenters. The van der Waals surface area contributed by atoms with Crippen molar-refractivity contribution in [2.75, 3.05) is 13.7 Å². The number of aryl methyl sites for hydroxylation is 1. The maximum Gasteiger partial charge on any atom is 0.343 e. The third-order valence-electron chi connectivity index (χ3n) is 2.58. The monoisotopic (exact) mass is 236 g/mol. The number of methoxy groups -OCH3 is 1. The van der Waals surface area contributed by atoms with Gasteiger partial charge >= 0.3 is 5.97 Å². The van der Waals surface area contributed by atoms with Gasteiger partial charge in [0.05, 0.1) is 7.11 Å². The largest absolute Gasteiger partial charge is 0.482 e. The lowest BCUT2D eigenvalue weighted by Gasteiger charge is -2.06. The van der Waals surface area contributed by atoms with Crippen LogP contribution in [0.5, 0.6) is 5.75 Å². The first-order valence-corrected chi connectivity index (χ1v) is 6.04. The zero-order valence-electron chi connectivity index (χ0n) is 10.6. The Bertz CT molecular complexity index is 330. The van der Waals surface area contributed by atoms with Crippen molar-refractivity contribution in [1.82, 2.24) is 0 Å². The van der Waals surface area contributed by atoms with Crippen molar-refractivity contribution in [2.45, 2.75) is 32.6 Å². The minimum atomic E-state index is -0.364. The molecule has 0 N–H and O–H groups in total. The van der Waals surface area contributed by atoms with Crippen LogP contribution in [0.3, 0.4) is 0 Å². The van der Waals surface area contributed by atoms with Crippen molar-refractivity contribution >= 4 is 5.97 Å². The second-order valence-electron chi connectivity index (χ2n) is 3.97. The molecule has 1 aromatic rings. The Morgan fingerprint density at radius 1 is 1.18 bits per heavy atom. The van der Waals surface area contributed by atoms with Crippen molar-refractivity contribution in [3.8, 4) is 5.75 Å². The first-order valence-electron chi connectivity index (χ1n) is 6.04. The van der Waals surface area contributed by atoms with Gasteiger partial charge in [-0.3, -0.25) is 0 Å². The Hall–Kier alpha value is -1.51. The maximum atomic E-state index is 10.9. The van der Waals surface area contributed by atoms with E-state index in [1.165, 1.54) is 31.9 Å². The molecule has 0 amide bonds. The molecule has 0 bridgehead atoms. The van der Waals surface area contributed by atoms with Gasteiger partial charge in [-0.1, -0.05) is 31.9 Å². The summed E-state index contributed by atoms with van der Waals surface area (Å²) < 4.78 is 9.76. The van der Waals surface area contributed by atoms with Gasteiger partial charge in [0.1, 0.15) is 5.75 Å². The van der Waals surface area contributed by atoms with E-state index in [0.717, 1.165) is 6.42 Å². The zero-order valence-corrected chi connectivity index (χ0v) is 10.6. The molecule has 0 aliphatic rings. The molecule has 0 aliphatic heterocycles. The number of hydrogen-bond donors (Lipinski definition) is 0. The van der Waals surface area contributed by atoms with E-state index in [2.05, 4.69) is 11.7 Å². The predicted molar refractivity (Wildman–Crippen MR) is 67.2 cm³/mol. The Labute approximate surface area is 103 Å². The molecule has 0 spiro atoms. The highest BCUT2D eigenvalue weighted by atomic mass is 16.6. The number of esters is 1. The molecule has 0 unspecified atom stereocenters. The molecule has 94 valence electrons. The normalized spacial score (nSPS) is 10.0. The van der Waals surface area contributed by atoms with Crippen molar-refractivity contribution in [2.24, 2.45) is 0 Å². The van der Waals surface area contributed by atoms with Crippen LogP contribution in [0.25, 0.3) is 0 Å². The van der Waals surface area contributed by atoms with Crippen LogP contribution in [0.2, 0.25) is 0 Å². The summed E-state index contributed by atoms with van der Waals surface area (Å²) in [6.07, 6.45) is 4.82. The molecule has 1 rings (SSSR count). The average Bonchev–Trinajstić information content (AvgIpc) is 2.37. The number of rotatable bonds is 7. The topological polar surface area (TPSA) is 35.5 Å². The summed E-state index contributed by atoms with van der Waals surface area (Å²) in [5.74, 6) is 0.340. The number of carbonyl (C=O) groups excluding carboxylic acids is 1. The van der Waals surface area contributed by atoms with Crippen LogP contribution < -0.4 is 4.74 Å². The molecule has 0 radical (unpaired) electrons. The smallest absolute Gasteiger partial charge is 0.343 e. The maximum absolute atomic E-state index is 10.9. The number of unbranched alkanes of at least 4 members (excludes halogenated alkanes) is 2. The highest BCUT2D eigenvalue weighted by Gasteiger charge is 2.01. The fourth-order valence-corrected chi connectivity index (χ4v) is 1.53. The van der Waals surface area contributed by atoms with E-state index in [1.54, 1.807) is 0 Å². The molecule has 0 saturated carbocycles. The van der Waals surface area contributed by atoms with Crippen LogP contribution in [0.4, 0.5) is 0 Å².